The van der Waals surface area contributed by atoms with Crippen LogP contribution in [-0.2, 0) is 21.4 Å². The second-order valence-corrected chi connectivity index (χ2v) is 7.75. The zero-order valence-corrected chi connectivity index (χ0v) is 14.7. The smallest absolute Gasteiger partial charge is 0.235 e. The van der Waals surface area contributed by atoms with Gasteiger partial charge in [-0.1, -0.05) is 48.0 Å². The second kappa shape index (κ2) is 7.97. The molecule has 0 heterocycles. The van der Waals surface area contributed by atoms with Gasteiger partial charge in [0.15, 0.2) is 0 Å². The summed E-state index contributed by atoms with van der Waals surface area (Å²) in [6.45, 7) is 2.39. The summed E-state index contributed by atoms with van der Waals surface area (Å²) < 4.78 is 25.8. The van der Waals surface area contributed by atoms with E-state index in [4.69, 9.17) is 0 Å². The van der Waals surface area contributed by atoms with Gasteiger partial charge in [0, 0.05) is 20.0 Å². The lowest BCUT2D eigenvalue weighted by atomic mass is 10.1. The highest BCUT2D eigenvalue weighted by molar-refractivity contribution is 7.92. The second-order valence-electron chi connectivity index (χ2n) is 5.63. The van der Waals surface area contributed by atoms with Crippen molar-refractivity contribution < 1.29 is 13.2 Å². The normalized spacial score (nSPS) is 11.1. The van der Waals surface area contributed by atoms with Gasteiger partial charge in [0.25, 0.3) is 0 Å². The van der Waals surface area contributed by atoms with Crippen molar-refractivity contribution in [3.63, 3.8) is 0 Å². The Labute approximate surface area is 143 Å². The molecule has 1 amide bonds. The van der Waals surface area contributed by atoms with E-state index in [0.717, 1.165) is 11.1 Å². The highest BCUT2D eigenvalue weighted by atomic mass is 32.2. The molecule has 2 aromatic carbocycles. The van der Waals surface area contributed by atoms with E-state index < -0.39 is 10.0 Å². The van der Waals surface area contributed by atoms with Crippen molar-refractivity contribution in [2.75, 3.05) is 17.1 Å². The third kappa shape index (κ3) is 5.09. The summed E-state index contributed by atoms with van der Waals surface area (Å²) in [6, 6.07) is 16.6. The van der Waals surface area contributed by atoms with Crippen molar-refractivity contribution in [2.45, 2.75) is 19.9 Å². The number of sulfonamides is 1. The summed E-state index contributed by atoms with van der Waals surface area (Å²) in [5.41, 5.74) is 2.72. The fourth-order valence-corrected chi connectivity index (χ4v) is 3.31. The highest BCUT2D eigenvalue weighted by Crippen LogP contribution is 2.15. The molecule has 1 N–H and O–H groups in total. The topological polar surface area (TPSA) is 66.5 Å². The molecular weight excluding hydrogens is 324 g/mol. The predicted octanol–water partition coefficient (Wildman–Crippen LogP) is 2.47. The first-order valence-corrected chi connectivity index (χ1v) is 9.33. The minimum absolute atomic E-state index is 0.0641. The van der Waals surface area contributed by atoms with Gasteiger partial charge in [-0.05, 0) is 24.6 Å². The molecule has 0 radical (unpaired) electrons. The molecule has 5 nitrogen and oxygen atoms in total. The third-order valence-electron chi connectivity index (χ3n) is 3.73. The molecule has 24 heavy (non-hydrogen) atoms. The van der Waals surface area contributed by atoms with Crippen LogP contribution in [0.2, 0.25) is 0 Å². The average molecular weight is 346 g/mol. The first-order valence-electron chi connectivity index (χ1n) is 7.72. The van der Waals surface area contributed by atoms with Crippen molar-refractivity contribution >= 4 is 21.6 Å². The zero-order valence-electron chi connectivity index (χ0n) is 13.9. The predicted molar refractivity (Wildman–Crippen MR) is 96.3 cm³/mol. The van der Waals surface area contributed by atoms with Gasteiger partial charge in [-0.25, -0.2) is 8.42 Å². The summed E-state index contributed by atoms with van der Waals surface area (Å²) in [5.74, 6) is -0.501. The molecule has 0 aliphatic rings. The first kappa shape index (κ1) is 18.0. The van der Waals surface area contributed by atoms with Crippen LogP contribution >= 0.6 is 0 Å². The van der Waals surface area contributed by atoms with E-state index in [2.05, 4.69) is 5.32 Å². The van der Waals surface area contributed by atoms with Crippen LogP contribution in [0.25, 0.3) is 0 Å². The van der Waals surface area contributed by atoms with Gasteiger partial charge in [-0.3, -0.25) is 9.10 Å². The van der Waals surface area contributed by atoms with Crippen LogP contribution in [0.4, 0.5) is 5.69 Å². The minimum atomic E-state index is -3.52. The Morgan fingerprint density at radius 2 is 1.67 bits per heavy atom. The van der Waals surface area contributed by atoms with Gasteiger partial charge in [0.2, 0.25) is 15.9 Å². The quantitative estimate of drug-likeness (QED) is 0.837. The number of nitrogens with one attached hydrogen (secondary N) is 1. The molecule has 6 heteroatoms. The number of carbonyl (C=O) groups excluding carboxylic acids is 1. The summed E-state index contributed by atoms with van der Waals surface area (Å²) in [7, 11) is -2.03. The molecule has 0 unspecified atom stereocenters. The summed E-state index contributed by atoms with van der Waals surface area (Å²) in [6.07, 6.45) is -0.0641. The van der Waals surface area contributed by atoms with E-state index in [1.807, 2.05) is 37.3 Å². The van der Waals surface area contributed by atoms with E-state index in [-0.39, 0.29) is 18.1 Å². The largest absolute Gasteiger partial charge is 0.352 e. The third-order valence-corrected chi connectivity index (χ3v) is 5.50. The molecule has 0 aliphatic carbocycles. The number of hydrogen-bond acceptors (Lipinski definition) is 3. The number of para-hydroxylation sites is 1. The van der Waals surface area contributed by atoms with Gasteiger partial charge in [0.1, 0.15) is 0 Å². The first-order chi connectivity index (χ1) is 11.4. The molecule has 0 fully saturated rings. The van der Waals surface area contributed by atoms with E-state index in [9.17, 15) is 13.2 Å². The zero-order chi connectivity index (χ0) is 17.6. The Kier molecular flexibility index (Phi) is 5.98. The van der Waals surface area contributed by atoms with Crippen LogP contribution in [-0.4, -0.2) is 27.1 Å². The van der Waals surface area contributed by atoms with Crippen molar-refractivity contribution in [1.29, 1.82) is 0 Å². The number of rotatable bonds is 7. The standard InChI is InChI=1S/C18H22N2O3S/c1-15-8-10-16(11-9-15)14-19-18(21)12-13-24(22,23)20(2)17-6-4-3-5-7-17/h3-11H,12-14H2,1-2H3,(H,19,21). The lowest BCUT2D eigenvalue weighted by Gasteiger charge is -2.19. The van der Waals surface area contributed by atoms with Crippen LogP contribution in [0.3, 0.4) is 0 Å². The van der Waals surface area contributed by atoms with Crippen LogP contribution < -0.4 is 9.62 Å². The molecule has 0 saturated heterocycles. The molecule has 0 atom stereocenters. The Morgan fingerprint density at radius 1 is 1.04 bits per heavy atom. The maximum atomic E-state index is 12.3. The van der Waals surface area contributed by atoms with Gasteiger partial charge >= 0.3 is 0 Å². The Hall–Kier alpha value is -2.34. The van der Waals surface area contributed by atoms with Crippen LogP contribution in [0.5, 0.6) is 0 Å². The van der Waals surface area contributed by atoms with Crippen molar-refractivity contribution in [1.82, 2.24) is 5.32 Å². The van der Waals surface area contributed by atoms with E-state index in [1.54, 1.807) is 24.3 Å². The molecule has 2 aromatic rings. The molecule has 128 valence electrons. The monoisotopic (exact) mass is 346 g/mol. The molecule has 0 bridgehead atoms. The molecule has 0 aliphatic heterocycles. The molecule has 0 spiro atoms. The van der Waals surface area contributed by atoms with Crippen LogP contribution in [0.15, 0.2) is 54.6 Å². The Balaban J connectivity index is 1.85. The number of nitrogens with zero attached hydrogens (tertiary/aromatic N) is 1. The van der Waals surface area contributed by atoms with Gasteiger partial charge in [0.05, 0.1) is 11.4 Å². The molecule has 0 aromatic heterocycles. The number of amides is 1. The number of hydrogen-bond donors (Lipinski definition) is 1. The Bertz CT molecular complexity index is 772. The highest BCUT2D eigenvalue weighted by Gasteiger charge is 2.19. The maximum Gasteiger partial charge on any atom is 0.235 e. The average Bonchev–Trinajstić information content (AvgIpc) is 2.59. The van der Waals surface area contributed by atoms with Crippen molar-refractivity contribution in [3.8, 4) is 0 Å². The van der Waals surface area contributed by atoms with E-state index >= 15 is 0 Å². The molecular formula is C18H22N2O3S. The maximum absolute atomic E-state index is 12.3. The minimum Gasteiger partial charge on any atom is -0.352 e. The number of anilines is 1. The number of aryl methyl sites for hydroxylation is 1. The number of carbonyl (C=O) groups is 1. The lowest BCUT2D eigenvalue weighted by molar-refractivity contribution is -0.120. The fraction of sp³-hybridized carbons (Fsp3) is 0.278. The fourth-order valence-electron chi connectivity index (χ4n) is 2.15. The molecule has 2 rings (SSSR count). The van der Waals surface area contributed by atoms with E-state index in [1.165, 1.54) is 11.4 Å². The number of benzene rings is 2. The van der Waals surface area contributed by atoms with Crippen molar-refractivity contribution in [2.24, 2.45) is 0 Å². The van der Waals surface area contributed by atoms with Gasteiger partial charge in [-0.15, -0.1) is 0 Å². The van der Waals surface area contributed by atoms with Gasteiger partial charge in [-0.2, -0.15) is 0 Å². The van der Waals surface area contributed by atoms with Gasteiger partial charge < -0.3 is 5.32 Å². The lowest BCUT2D eigenvalue weighted by Crippen LogP contribution is -2.32. The van der Waals surface area contributed by atoms with Crippen LogP contribution in [0, 0.1) is 6.92 Å². The summed E-state index contributed by atoms with van der Waals surface area (Å²) >= 11 is 0. The van der Waals surface area contributed by atoms with E-state index in [0.29, 0.717) is 12.2 Å². The molecule has 0 saturated carbocycles. The Morgan fingerprint density at radius 3 is 2.29 bits per heavy atom. The SMILES string of the molecule is Cc1ccc(CNC(=O)CCS(=O)(=O)N(C)c2ccccc2)cc1. The summed E-state index contributed by atoms with van der Waals surface area (Å²) in [4.78, 5) is 11.9. The van der Waals surface area contributed by atoms with Crippen molar-refractivity contribution in [3.05, 3.63) is 65.7 Å². The van der Waals surface area contributed by atoms with Crippen LogP contribution in [0.1, 0.15) is 17.5 Å². The summed E-state index contributed by atoms with van der Waals surface area (Å²) in [5, 5.41) is 2.75.